The maximum atomic E-state index is 13.8. The fraction of sp³-hybridized carbons (Fsp3) is 0.211. The number of halogens is 1. The summed E-state index contributed by atoms with van der Waals surface area (Å²) in [6.07, 6.45) is 0.399. The number of hydrogen-bond donors (Lipinski definition) is 0. The summed E-state index contributed by atoms with van der Waals surface area (Å²) in [6, 6.07) is 13.1. The maximum Gasteiger partial charge on any atom is 0.260 e. The third-order valence-electron chi connectivity index (χ3n) is 3.93. The van der Waals surface area contributed by atoms with E-state index in [0.717, 1.165) is 0 Å². The zero-order chi connectivity index (χ0) is 18.5. The second-order valence-electron chi connectivity index (χ2n) is 5.70. The van der Waals surface area contributed by atoms with E-state index < -0.39 is 5.82 Å². The monoisotopic (exact) mass is 355 g/mol. The van der Waals surface area contributed by atoms with E-state index in [9.17, 15) is 9.18 Å². The van der Waals surface area contributed by atoms with Gasteiger partial charge in [0.15, 0.2) is 5.82 Å². The smallest absolute Gasteiger partial charge is 0.260 e. The molecule has 26 heavy (non-hydrogen) atoms. The quantitative estimate of drug-likeness (QED) is 0.679. The van der Waals surface area contributed by atoms with Crippen LogP contribution in [-0.2, 0) is 6.42 Å². The number of amides is 1. The van der Waals surface area contributed by atoms with Gasteiger partial charge in [0.1, 0.15) is 11.6 Å². The average Bonchev–Trinajstić information content (AvgIpc) is 3.14. The summed E-state index contributed by atoms with van der Waals surface area (Å²) in [4.78, 5) is 18.2. The molecule has 1 aromatic heterocycles. The van der Waals surface area contributed by atoms with Crippen molar-refractivity contribution in [1.29, 1.82) is 0 Å². The first kappa shape index (κ1) is 17.6. The molecule has 0 fully saturated rings. The van der Waals surface area contributed by atoms with Gasteiger partial charge in [-0.3, -0.25) is 4.79 Å². The van der Waals surface area contributed by atoms with Crippen LogP contribution in [0.1, 0.15) is 16.2 Å². The van der Waals surface area contributed by atoms with Crippen LogP contribution in [0.15, 0.2) is 53.1 Å². The minimum atomic E-state index is -0.422. The minimum absolute atomic E-state index is 0.120. The Hall–Kier alpha value is -3.22. The summed E-state index contributed by atoms with van der Waals surface area (Å²) < 4.78 is 24.0. The molecule has 1 amide bonds. The van der Waals surface area contributed by atoms with Crippen LogP contribution in [0.2, 0.25) is 0 Å². The molecule has 0 aliphatic heterocycles. The van der Waals surface area contributed by atoms with Crippen LogP contribution in [0.25, 0.3) is 11.5 Å². The van der Waals surface area contributed by atoms with Crippen molar-refractivity contribution in [2.75, 3.05) is 20.7 Å². The number of hydrogen-bond acceptors (Lipinski definition) is 5. The van der Waals surface area contributed by atoms with E-state index in [1.807, 2.05) is 0 Å². The normalized spacial score (nSPS) is 10.6. The zero-order valence-electron chi connectivity index (χ0n) is 14.5. The van der Waals surface area contributed by atoms with Gasteiger partial charge in [-0.05, 0) is 36.4 Å². The Kier molecular flexibility index (Phi) is 5.26. The summed E-state index contributed by atoms with van der Waals surface area (Å²) in [5.74, 6) is 0.691. The van der Waals surface area contributed by atoms with Gasteiger partial charge in [-0.1, -0.05) is 17.3 Å². The molecule has 0 bridgehead atoms. The molecule has 1 heterocycles. The number of rotatable bonds is 6. The first-order valence-electron chi connectivity index (χ1n) is 8.05. The summed E-state index contributed by atoms with van der Waals surface area (Å²) >= 11 is 0. The molecule has 0 spiro atoms. The van der Waals surface area contributed by atoms with Crippen LogP contribution < -0.4 is 4.74 Å². The first-order chi connectivity index (χ1) is 12.6. The Bertz CT molecular complexity index is 893. The van der Waals surface area contributed by atoms with Crippen LogP contribution in [0, 0.1) is 5.82 Å². The van der Waals surface area contributed by atoms with E-state index in [2.05, 4.69) is 10.1 Å². The van der Waals surface area contributed by atoms with Crippen molar-refractivity contribution in [3.63, 3.8) is 0 Å². The van der Waals surface area contributed by atoms with E-state index in [1.165, 1.54) is 6.07 Å². The van der Waals surface area contributed by atoms with Crippen molar-refractivity contribution in [3.05, 3.63) is 65.7 Å². The first-order valence-corrected chi connectivity index (χ1v) is 8.05. The Morgan fingerprint density at radius 1 is 1.19 bits per heavy atom. The maximum absolute atomic E-state index is 13.8. The molecule has 3 aromatic rings. The predicted molar refractivity (Wildman–Crippen MR) is 93.4 cm³/mol. The molecule has 2 aromatic carbocycles. The number of carbonyl (C=O) groups is 1. The van der Waals surface area contributed by atoms with Crippen molar-refractivity contribution < 1.29 is 18.4 Å². The number of carbonyl (C=O) groups excluding carboxylic acids is 1. The van der Waals surface area contributed by atoms with Crippen LogP contribution in [0.5, 0.6) is 5.75 Å². The highest BCUT2D eigenvalue weighted by molar-refractivity contribution is 5.94. The number of aromatic nitrogens is 2. The Labute approximate surface area is 150 Å². The Morgan fingerprint density at radius 3 is 2.62 bits per heavy atom. The van der Waals surface area contributed by atoms with Gasteiger partial charge in [0.25, 0.3) is 11.8 Å². The van der Waals surface area contributed by atoms with Crippen LogP contribution in [-0.4, -0.2) is 41.6 Å². The topological polar surface area (TPSA) is 68.5 Å². The number of ether oxygens (including phenoxy) is 1. The van der Waals surface area contributed by atoms with Gasteiger partial charge in [-0.25, -0.2) is 4.39 Å². The van der Waals surface area contributed by atoms with E-state index in [0.29, 0.717) is 30.1 Å². The van der Waals surface area contributed by atoms with Crippen molar-refractivity contribution in [3.8, 4) is 17.2 Å². The minimum Gasteiger partial charge on any atom is -0.497 e. The number of likely N-dealkylation sites (N-methyl/N-ethyl adjacent to an activating group) is 1. The molecule has 0 saturated carbocycles. The van der Waals surface area contributed by atoms with Gasteiger partial charge in [0.05, 0.1) is 12.7 Å². The van der Waals surface area contributed by atoms with Gasteiger partial charge in [0.2, 0.25) is 0 Å². The lowest BCUT2D eigenvalue weighted by molar-refractivity contribution is 0.0795. The highest BCUT2D eigenvalue weighted by Gasteiger charge is 2.15. The predicted octanol–water partition coefficient (Wildman–Crippen LogP) is 3.20. The summed E-state index contributed by atoms with van der Waals surface area (Å²) in [7, 11) is 3.27. The molecule has 134 valence electrons. The van der Waals surface area contributed by atoms with Crippen molar-refractivity contribution >= 4 is 5.91 Å². The molecular weight excluding hydrogens is 337 g/mol. The molecule has 0 aliphatic carbocycles. The van der Waals surface area contributed by atoms with Gasteiger partial charge in [-0.15, -0.1) is 0 Å². The highest BCUT2D eigenvalue weighted by Crippen LogP contribution is 2.20. The van der Waals surface area contributed by atoms with Gasteiger partial charge >= 0.3 is 0 Å². The lowest BCUT2D eigenvalue weighted by Gasteiger charge is -2.16. The molecule has 7 heteroatoms. The Balaban J connectivity index is 1.61. The molecule has 0 N–H and O–H groups in total. The number of methoxy groups -OCH3 is 1. The van der Waals surface area contributed by atoms with Gasteiger partial charge in [0, 0.05) is 25.6 Å². The number of nitrogens with zero attached hydrogens (tertiary/aromatic N) is 3. The Morgan fingerprint density at radius 2 is 1.92 bits per heavy atom. The van der Waals surface area contributed by atoms with Crippen molar-refractivity contribution in [2.45, 2.75) is 6.42 Å². The molecule has 0 saturated heterocycles. The average molecular weight is 355 g/mol. The van der Waals surface area contributed by atoms with E-state index in [-0.39, 0.29) is 17.4 Å². The second kappa shape index (κ2) is 7.77. The third-order valence-corrected chi connectivity index (χ3v) is 3.93. The molecule has 0 aliphatic rings. The highest BCUT2D eigenvalue weighted by atomic mass is 19.1. The number of benzene rings is 2. The van der Waals surface area contributed by atoms with Crippen LogP contribution >= 0.6 is 0 Å². The summed E-state index contributed by atoms with van der Waals surface area (Å²) in [5, 5.41) is 3.85. The van der Waals surface area contributed by atoms with Crippen LogP contribution in [0.4, 0.5) is 4.39 Å². The third kappa shape index (κ3) is 3.88. The van der Waals surface area contributed by atoms with E-state index >= 15 is 0 Å². The molecule has 3 rings (SSSR count). The van der Waals surface area contributed by atoms with Crippen molar-refractivity contribution in [2.24, 2.45) is 0 Å². The molecule has 6 nitrogen and oxygen atoms in total. The van der Waals surface area contributed by atoms with Crippen molar-refractivity contribution in [1.82, 2.24) is 15.0 Å². The fourth-order valence-electron chi connectivity index (χ4n) is 2.42. The largest absolute Gasteiger partial charge is 0.497 e. The SMILES string of the molecule is COc1ccc(C(=O)N(C)CCc2noc(-c3ccccc3F)n2)cc1. The lowest BCUT2D eigenvalue weighted by atomic mass is 10.2. The standard InChI is InChI=1S/C19H18FN3O3/c1-23(19(24)13-7-9-14(25-2)10-8-13)12-11-17-21-18(26-22-17)15-5-3-4-6-16(15)20/h3-10H,11-12H2,1-2H3. The second-order valence-corrected chi connectivity index (χ2v) is 5.70. The molecule has 0 atom stereocenters. The fourth-order valence-corrected chi connectivity index (χ4v) is 2.42. The molecular formula is C19H18FN3O3. The van der Waals surface area contributed by atoms with E-state index in [1.54, 1.807) is 61.5 Å². The van der Waals surface area contributed by atoms with Gasteiger partial charge < -0.3 is 14.2 Å². The van der Waals surface area contributed by atoms with E-state index in [4.69, 9.17) is 9.26 Å². The summed E-state index contributed by atoms with van der Waals surface area (Å²) in [6.45, 7) is 0.404. The summed E-state index contributed by atoms with van der Waals surface area (Å²) in [5.41, 5.74) is 0.822. The molecule has 0 radical (unpaired) electrons. The lowest BCUT2D eigenvalue weighted by Crippen LogP contribution is -2.29. The van der Waals surface area contributed by atoms with Crippen LogP contribution in [0.3, 0.4) is 0 Å². The van der Waals surface area contributed by atoms with Gasteiger partial charge in [-0.2, -0.15) is 4.98 Å². The zero-order valence-corrected chi connectivity index (χ0v) is 14.5. The molecule has 0 unspecified atom stereocenters.